The SMILES string of the molecule is S/C(SC#Cc1ccccc1)=C(\S)SC#Cc1ccccc1. The fourth-order valence-corrected chi connectivity index (χ4v) is 2.90. The molecule has 0 fully saturated rings. The summed E-state index contributed by atoms with van der Waals surface area (Å²) in [5.74, 6) is 6.13. The lowest BCUT2D eigenvalue weighted by Crippen LogP contribution is -1.71. The van der Waals surface area contributed by atoms with Crippen LogP contribution in [0.15, 0.2) is 69.1 Å². The lowest BCUT2D eigenvalue weighted by molar-refractivity contribution is 1.65. The molecule has 0 heterocycles. The molecule has 0 radical (unpaired) electrons. The second-order valence-corrected chi connectivity index (χ2v) is 7.13. The van der Waals surface area contributed by atoms with Crippen molar-refractivity contribution in [1.82, 2.24) is 0 Å². The lowest BCUT2D eigenvalue weighted by Gasteiger charge is -1.96. The van der Waals surface area contributed by atoms with Gasteiger partial charge in [0.05, 0.1) is 8.47 Å². The second-order valence-electron chi connectivity index (χ2n) is 4.00. The fourth-order valence-electron chi connectivity index (χ4n) is 1.40. The Morgan fingerprint density at radius 1 is 0.636 bits per heavy atom. The van der Waals surface area contributed by atoms with Crippen LogP contribution in [0.5, 0.6) is 0 Å². The van der Waals surface area contributed by atoms with Gasteiger partial charge >= 0.3 is 0 Å². The zero-order valence-corrected chi connectivity index (χ0v) is 14.9. The van der Waals surface area contributed by atoms with Crippen LogP contribution in [0.1, 0.15) is 11.1 Å². The van der Waals surface area contributed by atoms with Crippen molar-refractivity contribution in [3.8, 4) is 22.3 Å². The van der Waals surface area contributed by atoms with Gasteiger partial charge in [0.25, 0.3) is 0 Å². The first kappa shape index (κ1) is 17.1. The summed E-state index contributed by atoms with van der Waals surface area (Å²) in [6.45, 7) is 0. The summed E-state index contributed by atoms with van der Waals surface area (Å²) < 4.78 is 1.50. The number of thioether (sulfide) groups is 2. The molecule has 0 bridgehead atoms. The summed E-state index contributed by atoms with van der Waals surface area (Å²) in [6, 6.07) is 19.7. The van der Waals surface area contributed by atoms with Crippen LogP contribution >= 0.6 is 48.8 Å². The van der Waals surface area contributed by atoms with Crippen LogP contribution in [0.25, 0.3) is 0 Å². The fraction of sp³-hybridized carbons (Fsp3) is 0. The van der Waals surface area contributed by atoms with Gasteiger partial charge in [-0.25, -0.2) is 0 Å². The molecule has 0 aromatic heterocycles. The molecule has 0 aliphatic rings. The smallest absolute Gasteiger partial charge is 0.0708 e. The van der Waals surface area contributed by atoms with Gasteiger partial charge in [-0.05, 0) is 58.3 Å². The van der Waals surface area contributed by atoms with Crippen molar-refractivity contribution in [3.63, 3.8) is 0 Å². The molecule has 0 nitrogen and oxygen atoms in total. The van der Waals surface area contributed by atoms with Gasteiger partial charge in [-0.3, -0.25) is 0 Å². The molecule has 0 atom stereocenters. The third kappa shape index (κ3) is 6.22. The summed E-state index contributed by atoms with van der Waals surface area (Å²) >= 11 is 11.5. The zero-order chi connectivity index (χ0) is 15.6. The van der Waals surface area contributed by atoms with Crippen LogP contribution in [0.3, 0.4) is 0 Å². The van der Waals surface area contributed by atoms with Crippen molar-refractivity contribution < 1.29 is 0 Å². The van der Waals surface area contributed by atoms with Gasteiger partial charge in [-0.15, -0.1) is 25.3 Å². The van der Waals surface area contributed by atoms with Gasteiger partial charge in [0.1, 0.15) is 0 Å². The van der Waals surface area contributed by atoms with Gasteiger partial charge in [0.2, 0.25) is 0 Å². The second kappa shape index (κ2) is 9.66. The van der Waals surface area contributed by atoms with Crippen LogP contribution in [-0.4, -0.2) is 0 Å². The predicted octanol–water partition coefficient (Wildman–Crippen LogP) is 5.46. The molecule has 108 valence electrons. The Balaban J connectivity index is 1.93. The van der Waals surface area contributed by atoms with E-state index in [2.05, 4.69) is 47.6 Å². The van der Waals surface area contributed by atoms with Crippen LogP contribution in [0, 0.1) is 22.3 Å². The summed E-state index contributed by atoms with van der Waals surface area (Å²) in [5, 5.41) is 6.02. The molecule has 0 aliphatic carbocycles. The monoisotopic (exact) mass is 356 g/mol. The van der Waals surface area contributed by atoms with E-state index >= 15 is 0 Å². The minimum atomic E-state index is 0.749. The maximum atomic E-state index is 4.41. The van der Waals surface area contributed by atoms with Crippen LogP contribution in [-0.2, 0) is 0 Å². The summed E-state index contributed by atoms with van der Waals surface area (Å²) in [6.07, 6.45) is 0. The van der Waals surface area contributed by atoms with Gasteiger partial charge in [0.15, 0.2) is 0 Å². The molecule has 0 unspecified atom stereocenters. The first-order valence-corrected chi connectivity index (χ1v) is 8.86. The molecule has 2 aromatic rings. The zero-order valence-electron chi connectivity index (χ0n) is 11.5. The Morgan fingerprint density at radius 2 is 1.00 bits per heavy atom. The topological polar surface area (TPSA) is 0 Å². The largest absolute Gasteiger partial charge is 0.134 e. The molecule has 0 saturated heterocycles. The maximum Gasteiger partial charge on any atom is 0.0708 e. The van der Waals surface area contributed by atoms with E-state index in [1.54, 1.807) is 0 Å². The van der Waals surface area contributed by atoms with E-state index in [9.17, 15) is 0 Å². The minimum absolute atomic E-state index is 0.749. The minimum Gasteiger partial charge on any atom is -0.134 e. The molecule has 2 rings (SSSR count). The number of benzene rings is 2. The Bertz CT molecular complexity index is 689. The highest BCUT2D eigenvalue weighted by molar-refractivity contribution is 8.24. The highest BCUT2D eigenvalue weighted by Crippen LogP contribution is 2.32. The van der Waals surface area contributed by atoms with E-state index < -0.39 is 0 Å². The Morgan fingerprint density at radius 3 is 1.36 bits per heavy atom. The molecule has 0 saturated carbocycles. The standard InChI is InChI=1S/C18H12S4/c19-17(21-13-11-15-7-3-1-4-8-15)18(20)22-14-12-16-9-5-2-6-10-16/h1-10,19-20H/b18-17-. The maximum absolute atomic E-state index is 4.41. The van der Waals surface area contributed by atoms with Crippen LogP contribution < -0.4 is 0 Å². The molecular formula is C18H12S4. The van der Waals surface area contributed by atoms with Crippen molar-refractivity contribution in [2.75, 3.05) is 0 Å². The van der Waals surface area contributed by atoms with Gasteiger partial charge in [-0.1, -0.05) is 48.2 Å². The molecule has 2 aromatic carbocycles. The van der Waals surface area contributed by atoms with Crippen LogP contribution in [0.2, 0.25) is 0 Å². The van der Waals surface area contributed by atoms with Crippen molar-refractivity contribution >= 4 is 48.8 Å². The van der Waals surface area contributed by atoms with Gasteiger partial charge in [0, 0.05) is 11.1 Å². The van der Waals surface area contributed by atoms with E-state index in [1.807, 2.05) is 60.7 Å². The Labute approximate surface area is 151 Å². The molecule has 0 amide bonds. The molecular weight excluding hydrogens is 344 g/mol. The molecule has 0 spiro atoms. The number of rotatable bonds is 2. The summed E-state index contributed by atoms with van der Waals surface area (Å²) in [5.41, 5.74) is 1.96. The summed E-state index contributed by atoms with van der Waals surface area (Å²) in [7, 11) is 0. The van der Waals surface area contributed by atoms with Crippen molar-refractivity contribution in [1.29, 1.82) is 0 Å². The van der Waals surface area contributed by atoms with E-state index in [4.69, 9.17) is 0 Å². The van der Waals surface area contributed by atoms with Gasteiger partial charge < -0.3 is 0 Å². The highest BCUT2D eigenvalue weighted by Gasteiger charge is 1.98. The first-order valence-electron chi connectivity index (χ1n) is 6.34. The average molecular weight is 357 g/mol. The third-order valence-electron chi connectivity index (χ3n) is 2.42. The lowest BCUT2D eigenvalue weighted by atomic mass is 10.2. The number of thiol groups is 2. The normalized spacial score (nSPS) is 10.6. The quantitative estimate of drug-likeness (QED) is 0.542. The third-order valence-corrected chi connectivity index (χ3v) is 5.22. The van der Waals surface area contributed by atoms with E-state index in [0.717, 1.165) is 19.6 Å². The van der Waals surface area contributed by atoms with E-state index in [-0.39, 0.29) is 0 Å². The Hall–Kier alpha value is -1.30. The first-order chi connectivity index (χ1) is 10.8. The highest BCUT2D eigenvalue weighted by atomic mass is 32.2. The van der Waals surface area contributed by atoms with Crippen molar-refractivity contribution in [2.24, 2.45) is 0 Å². The average Bonchev–Trinajstić information content (AvgIpc) is 2.56. The Kier molecular flexibility index (Phi) is 7.49. The van der Waals surface area contributed by atoms with E-state index in [0.29, 0.717) is 0 Å². The van der Waals surface area contributed by atoms with Gasteiger partial charge in [-0.2, -0.15) is 0 Å². The van der Waals surface area contributed by atoms with Crippen molar-refractivity contribution in [3.05, 3.63) is 80.3 Å². The van der Waals surface area contributed by atoms with Crippen LogP contribution in [0.4, 0.5) is 0 Å². The van der Waals surface area contributed by atoms with Crippen molar-refractivity contribution in [2.45, 2.75) is 0 Å². The molecule has 4 heteroatoms. The predicted molar refractivity (Wildman–Crippen MR) is 107 cm³/mol. The number of hydrogen-bond donors (Lipinski definition) is 2. The molecule has 22 heavy (non-hydrogen) atoms. The number of hydrogen-bond acceptors (Lipinski definition) is 4. The molecule has 0 N–H and O–H groups in total. The van der Waals surface area contributed by atoms with E-state index in [1.165, 1.54) is 23.5 Å². The molecule has 0 aliphatic heterocycles. The summed E-state index contributed by atoms with van der Waals surface area (Å²) in [4.78, 5) is 0.